The van der Waals surface area contributed by atoms with Gasteiger partial charge in [-0.25, -0.2) is 0 Å². The summed E-state index contributed by atoms with van der Waals surface area (Å²) in [5.74, 6) is -0.242. The summed E-state index contributed by atoms with van der Waals surface area (Å²) in [5.41, 5.74) is 5.72. The maximum absolute atomic E-state index is 11.2. The second-order valence-electron chi connectivity index (χ2n) is 3.57. The van der Waals surface area contributed by atoms with Crippen LogP contribution in [0, 0.1) is 0 Å². The molecule has 15 heavy (non-hydrogen) atoms. The molecule has 0 bridgehead atoms. The van der Waals surface area contributed by atoms with E-state index in [0.717, 1.165) is 12.8 Å². The van der Waals surface area contributed by atoms with Gasteiger partial charge in [0.25, 0.3) is 0 Å². The maximum Gasteiger partial charge on any atom is 0.322 e. The SMILES string of the molecule is CN[C@@H](CCCC(N)CCO)C(=O)OC. The summed E-state index contributed by atoms with van der Waals surface area (Å²) in [6.45, 7) is 0.119. The second-order valence-corrected chi connectivity index (χ2v) is 3.57. The van der Waals surface area contributed by atoms with E-state index in [2.05, 4.69) is 10.1 Å². The number of hydrogen-bond acceptors (Lipinski definition) is 5. The summed E-state index contributed by atoms with van der Waals surface area (Å²) < 4.78 is 4.64. The van der Waals surface area contributed by atoms with Crippen molar-refractivity contribution >= 4 is 5.97 Å². The number of ether oxygens (including phenoxy) is 1. The maximum atomic E-state index is 11.2. The van der Waals surface area contributed by atoms with Crippen LogP contribution in [0.25, 0.3) is 0 Å². The minimum atomic E-state index is -0.253. The van der Waals surface area contributed by atoms with Crippen molar-refractivity contribution in [2.45, 2.75) is 37.8 Å². The van der Waals surface area contributed by atoms with Crippen LogP contribution in [-0.2, 0) is 9.53 Å². The minimum Gasteiger partial charge on any atom is -0.468 e. The van der Waals surface area contributed by atoms with Gasteiger partial charge in [-0.05, 0) is 32.7 Å². The fourth-order valence-corrected chi connectivity index (χ4v) is 1.42. The van der Waals surface area contributed by atoms with Crippen molar-refractivity contribution in [2.75, 3.05) is 20.8 Å². The van der Waals surface area contributed by atoms with E-state index in [1.807, 2.05) is 0 Å². The van der Waals surface area contributed by atoms with Crippen LogP contribution in [0.5, 0.6) is 0 Å². The van der Waals surface area contributed by atoms with Crippen molar-refractivity contribution in [3.05, 3.63) is 0 Å². The zero-order chi connectivity index (χ0) is 11.7. The molecule has 2 atom stereocenters. The average molecular weight is 218 g/mol. The molecular formula is C10H22N2O3. The highest BCUT2D eigenvalue weighted by Crippen LogP contribution is 2.06. The highest BCUT2D eigenvalue weighted by Gasteiger charge is 2.16. The molecule has 0 spiro atoms. The Morgan fingerprint density at radius 1 is 1.47 bits per heavy atom. The molecule has 0 aliphatic rings. The zero-order valence-electron chi connectivity index (χ0n) is 9.53. The van der Waals surface area contributed by atoms with Gasteiger partial charge in [-0.1, -0.05) is 0 Å². The summed E-state index contributed by atoms with van der Waals surface area (Å²) in [4.78, 5) is 11.2. The van der Waals surface area contributed by atoms with Crippen LogP contribution in [0.15, 0.2) is 0 Å². The van der Waals surface area contributed by atoms with Crippen molar-refractivity contribution in [1.82, 2.24) is 5.32 Å². The summed E-state index contributed by atoms with van der Waals surface area (Å²) in [6.07, 6.45) is 2.99. The largest absolute Gasteiger partial charge is 0.468 e. The summed E-state index contributed by atoms with van der Waals surface area (Å²) >= 11 is 0. The third-order valence-corrected chi connectivity index (χ3v) is 2.40. The molecule has 90 valence electrons. The Hall–Kier alpha value is -0.650. The molecule has 5 heteroatoms. The van der Waals surface area contributed by atoms with Crippen LogP contribution in [0.1, 0.15) is 25.7 Å². The van der Waals surface area contributed by atoms with Gasteiger partial charge in [0, 0.05) is 12.6 Å². The molecule has 0 saturated carbocycles. The van der Waals surface area contributed by atoms with Gasteiger partial charge in [-0.2, -0.15) is 0 Å². The fourth-order valence-electron chi connectivity index (χ4n) is 1.42. The van der Waals surface area contributed by atoms with E-state index in [4.69, 9.17) is 10.8 Å². The lowest BCUT2D eigenvalue weighted by Gasteiger charge is -2.15. The standard InChI is InChI=1S/C10H22N2O3/c1-12-9(10(14)15-2)5-3-4-8(11)6-7-13/h8-9,12-13H,3-7,11H2,1-2H3/t8?,9-/m0/s1. The zero-order valence-corrected chi connectivity index (χ0v) is 9.53. The normalized spacial score (nSPS) is 14.7. The van der Waals surface area contributed by atoms with Crippen LogP contribution >= 0.6 is 0 Å². The van der Waals surface area contributed by atoms with Gasteiger partial charge in [0.15, 0.2) is 0 Å². The van der Waals surface area contributed by atoms with E-state index >= 15 is 0 Å². The molecule has 0 aromatic heterocycles. The molecule has 0 radical (unpaired) electrons. The van der Waals surface area contributed by atoms with Gasteiger partial charge in [0.05, 0.1) is 7.11 Å². The number of carbonyl (C=O) groups is 1. The Kier molecular flexibility index (Phi) is 8.27. The van der Waals surface area contributed by atoms with Crippen molar-refractivity contribution in [2.24, 2.45) is 5.73 Å². The van der Waals surface area contributed by atoms with E-state index in [9.17, 15) is 4.79 Å². The smallest absolute Gasteiger partial charge is 0.322 e. The first-order valence-electron chi connectivity index (χ1n) is 5.27. The lowest BCUT2D eigenvalue weighted by Crippen LogP contribution is -2.35. The van der Waals surface area contributed by atoms with Crippen LogP contribution in [0.4, 0.5) is 0 Å². The molecule has 0 aliphatic carbocycles. The Morgan fingerprint density at radius 3 is 2.60 bits per heavy atom. The third kappa shape index (κ3) is 6.43. The molecule has 1 unspecified atom stereocenters. The molecule has 0 aromatic carbocycles. The van der Waals surface area contributed by atoms with Gasteiger partial charge in [-0.3, -0.25) is 4.79 Å². The Morgan fingerprint density at radius 2 is 2.13 bits per heavy atom. The topological polar surface area (TPSA) is 84.6 Å². The third-order valence-electron chi connectivity index (χ3n) is 2.40. The first-order valence-corrected chi connectivity index (χ1v) is 5.27. The molecule has 0 fully saturated rings. The lowest BCUT2D eigenvalue weighted by atomic mass is 10.0. The number of carbonyl (C=O) groups excluding carboxylic acids is 1. The van der Waals surface area contributed by atoms with Gasteiger partial charge in [-0.15, -0.1) is 0 Å². The molecule has 4 N–H and O–H groups in total. The van der Waals surface area contributed by atoms with Gasteiger partial charge >= 0.3 is 5.97 Å². The first kappa shape index (κ1) is 14.3. The predicted octanol–water partition coefficient (Wildman–Crippen LogP) is -0.373. The number of likely N-dealkylation sites (N-methyl/N-ethyl adjacent to an activating group) is 1. The number of hydrogen-bond donors (Lipinski definition) is 3. The Balaban J connectivity index is 3.67. The number of nitrogens with two attached hydrogens (primary N) is 1. The van der Waals surface area contributed by atoms with E-state index < -0.39 is 0 Å². The number of aliphatic hydroxyl groups is 1. The van der Waals surface area contributed by atoms with Gasteiger partial charge in [0.2, 0.25) is 0 Å². The van der Waals surface area contributed by atoms with Crippen molar-refractivity contribution in [3.63, 3.8) is 0 Å². The second kappa shape index (κ2) is 8.64. The molecule has 0 saturated heterocycles. The molecule has 5 nitrogen and oxygen atoms in total. The number of aliphatic hydroxyl groups excluding tert-OH is 1. The molecule has 0 rings (SSSR count). The van der Waals surface area contributed by atoms with E-state index in [1.165, 1.54) is 7.11 Å². The summed E-state index contributed by atoms with van der Waals surface area (Å²) in [7, 11) is 3.11. The van der Waals surface area contributed by atoms with E-state index in [1.54, 1.807) is 7.05 Å². The molecule has 0 heterocycles. The van der Waals surface area contributed by atoms with E-state index in [0.29, 0.717) is 12.8 Å². The van der Waals surface area contributed by atoms with Gasteiger partial charge < -0.3 is 20.9 Å². The van der Waals surface area contributed by atoms with Gasteiger partial charge in [0.1, 0.15) is 6.04 Å². The van der Waals surface area contributed by atoms with Crippen molar-refractivity contribution in [3.8, 4) is 0 Å². The molecule has 0 aromatic rings. The number of rotatable bonds is 8. The fraction of sp³-hybridized carbons (Fsp3) is 0.900. The lowest BCUT2D eigenvalue weighted by molar-refractivity contribution is -0.143. The number of nitrogens with one attached hydrogen (secondary N) is 1. The highest BCUT2D eigenvalue weighted by molar-refractivity contribution is 5.75. The first-order chi connectivity index (χ1) is 7.15. The molecule has 0 aliphatic heterocycles. The number of methoxy groups -OCH3 is 1. The van der Waals surface area contributed by atoms with Crippen LogP contribution < -0.4 is 11.1 Å². The summed E-state index contributed by atoms with van der Waals surface area (Å²) in [5, 5.41) is 11.5. The van der Waals surface area contributed by atoms with E-state index in [-0.39, 0.29) is 24.7 Å². The minimum absolute atomic E-state index is 0.0187. The predicted molar refractivity (Wildman–Crippen MR) is 58.4 cm³/mol. The monoisotopic (exact) mass is 218 g/mol. The van der Waals surface area contributed by atoms with Crippen LogP contribution in [0.3, 0.4) is 0 Å². The Labute approximate surface area is 91.0 Å². The molecule has 0 amide bonds. The quantitative estimate of drug-likeness (QED) is 0.484. The number of esters is 1. The van der Waals surface area contributed by atoms with Crippen LogP contribution in [0.2, 0.25) is 0 Å². The Bertz CT molecular complexity index is 176. The van der Waals surface area contributed by atoms with Crippen molar-refractivity contribution < 1.29 is 14.6 Å². The highest BCUT2D eigenvalue weighted by atomic mass is 16.5. The molecular weight excluding hydrogens is 196 g/mol. The summed E-state index contributed by atoms with van der Waals surface area (Å²) in [6, 6.07) is -0.235. The van der Waals surface area contributed by atoms with Crippen LogP contribution in [-0.4, -0.2) is 43.9 Å². The van der Waals surface area contributed by atoms with Crippen molar-refractivity contribution in [1.29, 1.82) is 0 Å². The average Bonchev–Trinajstić information content (AvgIpc) is 2.24.